The van der Waals surface area contributed by atoms with E-state index in [-0.39, 0.29) is 41.4 Å². The van der Waals surface area contributed by atoms with E-state index >= 15 is 0 Å². The highest BCUT2D eigenvalue weighted by atomic mass is 35.5. The second-order valence-corrected chi connectivity index (χ2v) is 13.6. The fourth-order valence-electron chi connectivity index (χ4n) is 5.96. The number of hydrogen-bond donors (Lipinski definition) is 4. The monoisotopic (exact) mass is 800 g/mol. The number of anilines is 2. The van der Waals surface area contributed by atoms with Gasteiger partial charge in [-0.15, -0.1) is 0 Å². The summed E-state index contributed by atoms with van der Waals surface area (Å²) >= 11 is 12.7. The van der Waals surface area contributed by atoms with Crippen LogP contribution in [0.1, 0.15) is 44.2 Å². The number of nitrogens with one attached hydrogen (secondary N) is 4. The molecule has 0 saturated carbocycles. The van der Waals surface area contributed by atoms with Crippen LogP contribution in [0.4, 0.5) is 20.2 Å². The SMILES string of the molecule is O=C(Nc1ccc([C@@H]2CNCCO2)cc1Cl)c1ccn(-c2ccc(F)cc2)n1.O=C(Nc1ccc([C@H]2CNCCO2)cc1Cl)c1cnn(-c2ccc(F)cc2)c1. The van der Waals surface area contributed by atoms with E-state index in [1.165, 1.54) is 39.8 Å². The number of aromatic nitrogens is 4. The largest absolute Gasteiger partial charge is 0.371 e. The predicted octanol–water partition coefficient (Wildman–Crippen LogP) is 7.16. The number of morpholine rings is 2. The summed E-state index contributed by atoms with van der Waals surface area (Å²) in [7, 11) is 0. The van der Waals surface area contributed by atoms with Crippen LogP contribution in [0.5, 0.6) is 0 Å². The van der Waals surface area contributed by atoms with Crippen LogP contribution >= 0.6 is 23.2 Å². The average molecular weight is 802 g/mol. The van der Waals surface area contributed by atoms with E-state index in [1.807, 2.05) is 12.1 Å². The molecule has 288 valence electrons. The van der Waals surface area contributed by atoms with E-state index in [2.05, 4.69) is 31.5 Å². The van der Waals surface area contributed by atoms with Crippen molar-refractivity contribution in [3.8, 4) is 11.4 Å². The Morgan fingerprint density at radius 1 is 0.696 bits per heavy atom. The molecule has 2 aliphatic heterocycles. The minimum Gasteiger partial charge on any atom is -0.371 e. The molecule has 8 rings (SSSR count). The maximum atomic E-state index is 13.0. The first-order valence-corrected chi connectivity index (χ1v) is 18.4. The van der Waals surface area contributed by atoms with E-state index in [4.69, 9.17) is 32.7 Å². The molecular formula is C40H36Cl2F2N8O4. The number of benzene rings is 4. The van der Waals surface area contributed by atoms with Gasteiger partial charge in [-0.3, -0.25) is 9.59 Å². The van der Waals surface area contributed by atoms with Crippen molar-refractivity contribution in [1.29, 1.82) is 0 Å². The number of halogens is 4. The first kappa shape index (κ1) is 38.8. The van der Waals surface area contributed by atoms with Gasteiger partial charge in [-0.25, -0.2) is 18.1 Å². The van der Waals surface area contributed by atoms with Gasteiger partial charge in [0.1, 0.15) is 11.6 Å². The molecule has 2 atom stereocenters. The van der Waals surface area contributed by atoms with Gasteiger partial charge in [0.2, 0.25) is 0 Å². The Bertz CT molecular complexity index is 2130. The topological polar surface area (TPSA) is 136 Å². The van der Waals surface area contributed by atoms with Gasteiger partial charge in [-0.1, -0.05) is 35.3 Å². The van der Waals surface area contributed by atoms with Crippen LogP contribution in [0.2, 0.25) is 10.0 Å². The molecule has 0 aliphatic carbocycles. The second-order valence-electron chi connectivity index (χ2n) is 12.8. The molecule has 4 heterocycles. The Balaban J connectivity index is 0.000000172. The minimum absolute atomic E-state index is 0.0510. The Morgan fingerprint density at radius 3 is 1.71 bits per heavy atom. The lowest BCUT2D eigenvalue weighted by atomic mass is 10.1. The number of carbonyl (C=O) groups is 2. The summed E-state index contributed by atoms with van der Waals surface area (Å²) in [5.41, 5.74) is 4.82. The molecule has 4 aromatic carbocycles. The molecule has 2 amide bonds. The Kier molecular flexibility index (Phi) is 12.5. The molecule has 0 radical (unpaired) electrons. The number of nitrogens with zero attached hydrogens (tertiary/aromatic N) is 4. The van der Waals surface area contributed by atoms with E-state index in [0.29, 0.717) is 51.6 Å². The molecule has 4 N–H and O–H groups in total. The third-order valence-corrected chi connectivity index (χ3v) is 9.56. The molecule has 0 bridgehead atoms. The Labute approximate surface area is 330 Å². The summed E-state index contributed by atoms with van der Waals surface area (Å²) in [5, 5.41) is 21.4. The molecule has 2 saturated heterocycles. The summed E-state index contributed by atoms with van der Waals surface area (Å²) in [6.45, 7) is 4.43. The normalized spacial score (nSPS) is 16.7. The molecule has 0 unspecified atom stereocenters. The highest BCUT2D eigenvalue weighted by Gasteiger charge is 2.20. The quantitative estimate of drug-likeness (QED) is 0.128. The predicted molar refractivity (Wildman–Crippen MR) is 209 cm³/mol. The third-order valence-electron chi connectivity index (χ3n) is 8.93. The van der Waals surface area contributed by atoms with Gasteiger partial charge >= 0.3 is 0 Å². The van der Waals surface area contributed by atoms with Gasteiger partial charge in [0.15, 0.2) is 5.69 Å². The number of carbonyl (C=O) groups excluding carboxylic acids is 2. The highest BCUT2D eigenvalue weighted by molar-refractivity contribution is 6.34. The standard InChI is InChI=1S/2C20H18ClFN4O2/c21-16-11-13(19-12-23-8-10-28-19)1-6-17(16)24-20(27)18-7-9-26(25-18)15-4-2-14(22)3-5-15;21-17-9-13(19-11-23-7-8-28-19)1-6-18(17)25-20(27)14-10-24-26(12-14)16-4-2-15(22)3-5-16/h1-7,9,11,19,23H,8,10,12H2,(H,24,27);1-6,9-10,12,19,23H,7-8,11H2,(H,25,27)/t2*19-/m01/s1. The lowest BCUT2D eigenvalue weighted by Gasteiger charge is -2.24. The number of amides is 2. The molecule has 0 spiro atoms. The third kappa shape index (κ3) is 9.66. The molecule has 6 aromatic rings. The van der Waals surface area contributed by atoms with Crippen LogP contribution < -0.4 is 21.3 Å². The van der Waals surface area contributed by atoms with Gasteiger partial charge < -0.3 is 30.7 Å². The average Bonchev–Trinajstić information content (AvgIpc) is 3.93. The maximum Gasteiger partial charge on any atom is 0.276 e. The molecule has 2 aromatic heterocycles. The Morgan fingerprint density at radius 2 is 1.21 bits per heavy atom. The van der Waals surface area contributed by atoms with E-state index < -0.39 is 0 Å². The zero-order valence-corrected chi connectivity index (χ0v) is 31.2. The Hall–Kier alpha value is -5.48. The van der Waals surface area contributed by atoms with E-state index in [1.54, 1.807) is 67.0 Å². The highest BCUT2D eigenvalue weighted by Crippen LogP contribution is 2.30. The number of rotatable bonds is 8. The second kappa shape index (κ2) is 18.0. The van der Waals surface area contributed by atoms with Crippen LogP contribution in [-0.2, 0) is 9.47 Å². The van der Waals surface area contributed by atoms with Gasteiger partial charge in [0, 0.05) is 38.6 Å². The van der Waals surface area contributed by atoms with Crippen molar-refractivity contribution < 1.29 is 27.8 Å². The maximum absolute atomic E-state index is 13.0. The van der Waals surface area contributed by atoms with Crippen molar-refractivity contribution in [3.63, 3.8) is 0 Å². The van der Waals surface area contributed by atoms with Gasteiger partial charge in [0.05, 0.1) is 70.0 Å². The van der Waals surface area contributed by atoms with Gasteiger partial charge in [-0.2, -0.15) is 10.2 Å². The molecule has 56 heavy (non-hydrogen) atoms. The summed E-state index contributed by atoms with van der Waals surface area (Å²) in [4.78, 5) is 25.0. The zero-order chi connectivity index (χ0) is 39.0. The van der Waals surface area contributed by atoms with Crippen LogP contribution in [-0.4, -0.2) is 70.8 Å². The van der Waals surface area contributed by atoms with Crippen molar-refractivity contribution in [2.24, 2.45) is 0 Å². The van der Waals surface area contributed by atoms with Crippen molar-refractivity contribution in [3.05, 3.63) is 154 Å². The molecule has 2 fully saturated rings. The lowest BCUT2D eigenvalue weighted by molar-refractivity contribution is 0.0276. The number of hydrogen-bond acceptors (Lipinski definition) is 8. The van der Waals surface area contributed by atoms with Crippen molar-refractivity contribution in [2.45, 2.75) is 12.2 Å². The summed E-state index contributed by atoms with van der Waals surface area (Å²) in [6.07, 6.45) is 4.56. The molecular weight excluding hydrogens is 765 g/mol. The van der Waals surface area contributed by atoms with Crippen molar-refractivity contribution in [1.82, 2.24) is 30.2 Å². The summed E-state index contributed by atoms with van der Waals surface area (Å²) < 4.78 is 40.5. The van der Waals surface area contributed by atoms with Crippen LogP contribution in [0, 0.1) is 11.6 Å². The van der Waals surface area contributed by atoms with Crippen molar-refractivity contribution >= 4 is 46.4 Å². The first-order chi connectivity index (χ1) is 27.2. The van der Waals surface area contributed by atoms with Crippen LogP contribution in [0.25, 0.3) is 11.4 Å². The smallest absolute Gasteiger partial charge is 0.276 e. The zero-order valence-electron chi connectivity index (χ0n) is 29.7. The fourth-order valence-corrected chi connectivity index (χ4v) is 6.44. The summed E-state index contributed by atoms with van der Waals surface area (Å²) in [5.74, 6) is -1.38. The summed E-state index contributed by atoms with van der Waals surface area (Å²) in [6, 6.07) is 24.2. The van der Waals surface area contributed by atoms with E-state index in [9.17, 15) is 18.4 Å². The molecule has 2 aliphatic rings. The number of ether oxygens (including phenoxy) is 2. The van der Waals surface area contributed by atoms with E-state index in [0.717, 1.165) is 37.3 Å². The molecule has 16 heteroatoms. The lowest BCUT2D eigenvalue weighted by Crippen LogP contribution is -2.33. The van der Waals surface area contributed by atoms with Crippen molar-refractivity contribution in [2.75, 3.05) is 50.0 Å². The van der Waals surface area contributed by atoms with Gasteiger partial charge in [-0.05, 0) is 90.0 Å². The van der Waals surface area contributed by atoms with Crippen LogP contribution in [0.15, 0.2) is 110 Å². The fraction of sp³-hybridized carbons (Fsp3) is 0.200. The van der Waals surface area contributed by atoms with Gasteiger partial charge in [0.25, 0.3) is 11.8 Å². The first-order valence-electron chi connectivity index (χ1n) is 17.7. The minimum atomic E-state index is -0.383. The molecule has 12 nitrogen and oxygen atoms in total. The van der Waals surface area contributed by atoms with Crippen LogP contribution in [0.3, 0.4) is 0 Å².